The van der Waals surface area contributed by atoms with E-state index >= 15 is 0 Å². The molecule has 6 nitrogen and oxygen atoms in total. The van der Waals surface area contributed by atoms with Crippen molar-refractivity contribution in [3.05, 3.63) is 71.8 Å². The molecule has 2 aromatic carbocycles. The van der Waals surface area contributed by atoms with Gasteiger partial charge in [-0.3, -0.25) is 9.59 Å². The predicted molar refractivity (Wildman–Crippen MR) is 103 cm³/mol. The van der Waals surface area contributed by atoms with E-state index in [-0.39, 0.29) is 0 Å². The van der Waals surface area contributed by atoms with Gasteiger partial charge in [-0.15, -0.1) is 0 Å². The zero-order valence-electron chi connectivity index (χ0n) is 14.5. The minimum absolute atomic E-state index is 0.670. The maximum Gasteiger partial charge on any atom is 0.331 e. The third-order valence-electron chi connectivity index (χ3n) is 3.53. The fourth-order valence-corrected chi connectivity index (χ4v) is 2.19. The zero-order chi connectivity index (χ0) is 18.5. The van der Waals surface area contributed by atoms with Gasteiger partial charge in [0.05, 0.1) is 0 Å². The number of carbonyl (C=O) groups excluding carboxylic acids is 2. The lowest BCUT2D eigenvalue weighted by Crippen LogP contribution is -2.35. The van der Waals surface area contributed by atoms with E-state index in [0.717, 1.165) is 12.8 Å². The highest BCUT2D eigenvalue weighted by Crippen LogP contribution is 2.01. The molecule has 0 unspecified atom stereocenters. The Morgan fingerprint density at radius 2 is 1.08 bits per heavy atom. The van der Waals surface area contributed by atoms with E-state index in [2.05, 4.69) is 21.1 Å². The second-order valence-electron chi connectivity index (χ2n) is 5.55. The zero-order valence-corrected chi connectivity index (χ0v) is 14.5. The summed E-state index contributed by atoms with van der Waals surface area (Å²) in [5.74, 6) is -1.69. The van der Waals surface area contributed by atoms with Crippen LogP contribution < -0.4 is 10.9 Å². The Bertz CT molecular complexity index is 677. The quantitative estimate of drug-likeness (QED) is 0.435. The van der Waals surface area contributed by atoms with Crippen LogP contribution in [0, 0.1) is 0 Å². The first-order valence-electron chi connectivity index (χ1n) is 8.47. The molecule has 0 aliphatic rings. The highest BCUT2D eigenvalue weighted by Gasteiger charge is 2.10. The lowest BCUT2D eigenvalue weighted by atomic mass is 10.1. The van der Waals surface area contributed by atoms with Crippen molar-refractivity contribution < 1.29 is 9.59 Å². The molecule has 0 spiro atoms. The van der Waals surface area contributed by atoms with Crippen LogP contribution in [0.25, 0.3) is 0 Å². The number of nitrogens with zero attached hydrogens (tertiary/aromatic N) is 2. The van der Waals surface area contributed by atoms with Gasteiger partial charge in [0.15, 0.2) is 0 Å². The normalized spacial score (nSPS) is 10.9. The second kappa shape index (κ2) is 11.3. The molecule has 2 N–H and O–H groups in total. The molecule has 2 amide bonds. The van der Waals surface area contributed by atoms with Gasteiger partial charge in [-0.1, -0.05) is 60.7 Å². The van der Waals surface area contributed by atoms with Gasteiger partial charge >= 0.3 is 11.8 Å². The molecule has 0 bridgehead atoms. The average Bonchev–Trinajstić information content (AvgIpc) is 2.68. The number of benzene rings is 2. The number of hydrogen-bond acceptors (Lipinski definition) is 4. The second-order valence-corrected chi connectivity index (χ2v) is 5.55. The van der Waals surface area contributed by atoms with Crippen LogP contribution in [-0.4, -0.2) is 24.2 Å². The Balaban J connectivity index is 1.59. The van der Waals surface area contributed by atoms with Crippen molar-refractivity contribution in [2.45, 2.75) is 25.7 Å². The van der Waals surface area contributed by atoms with Gasteiger partial charge in [0, 0.05) is 12.4 Å². The predicted octanol–water partition coefficient (Wildman–Crippen LogP) is 2.46. The van der Waals surface area contributed by atoms with Crippen LogP contribution in [0.2, 0.25) is 0 Å². The fourth-order valence-electron chi connectivity index (χ4n) is 2.19. The summed E-state index contributed by atoms with van der Waals surface area (Å²) in [5.41, 5.74) is 6.74. The van der Waals surface area contributed by atoms with E-state index in [1.165, 1.54) is 11.1 Å². The van der Waals surface area contributed by atoms with Crippen molar-refractivity contribution in [3.8, 4) is 0 Å². The summed E-state index contributed by atoms with van der Waals surface area (Å²) < 4.78 is 0. The molecule has 0 aromatic heterocycles. The van der Waals surface area contributed by atoms with Crippen molar-refractivity contribution in [2.24, 2.45) is 10.2 Å². The molecule has 134 valence electrons. The maximum atomic E-state index is 11.6. The number of nitrogens with one attached hydrogen (secondary N) is 2. The number of carbonyl (C=O) groups is 2. The van der Waals surface area contributed by atoms with Crippen molar-refractivity contribution in [1.29, 1.82) is 0 Å². The van der Waals surface area contributed by atoms with Crippen LogP contribution >= 0.6 is 0 Å². The highest BCUT2D eigenvalue weighted by atomic mass is 16.2. The summed E-state index contributed by atoms with van der Waals surface area (Å²) in [5, 5.41) is 7.51. The first kappa shape index (κ1) is 19.1. The lowest BCUT2D eigenvalue weighted by molar-refractivity contribution is -0.139. The van der Waals surface area contributed by atoms with E-state index in [1.54, 1.807) is 12.4 Å². The molecule has 0 aliphatic heterocycles. The van der Waals surface area contributed by atoms with E-state index in [4.69, 9.17) is 0 Å². The van der Waals surface area contributed by atoms with E-state index in [9.17, 15) is 9.59 Å². The first-order valence-corrected chi connectivity index (χ1v) is 8.47. The van der Waals surface area contributed by atoms with Gasteiger partial charge in [0.2, 0.25) is 0 Å². The topological polar surface area (TPSA) is 82.9 Å². The first-order chi connectivity index (χ1) is 12.8. The Kier molecular flexibility index (Phi) is 8.28. The van der Waals surface area contributed by atoms with Crippen LogP contribution in [0.15, 0.2) is 70.9 Å². The van der Waals surface area contributed by atoms with Crippen LogP contribution in [-0.2, 0) is 22.4 Å². The SMILES string of the molecule is O=C(N/N=C\CCc1ccccc1)C(=O)N/N=C\CCc1ccccc1. The Morgan fingerprint density at radius 1 is 0.692 bits per heavy atom. The van der Waals surface area contributed by atoms with E-state index < -0.39 is 11.8 Å². The number of hydrogen-bond donors (Lipinski definition) is 2. The summed E-state index contributed by atoms with van der Waals surface area (Å²) in [4.78, 5) is 23.1. The molecule has 2 aromatic rings. The third kappa shape index (κ3) is 7.53. The molecule has 0 radical (unpaired) electrons. The van der Waals surface area contributed by atoms with Crippen LogP contribution in [0.5, 0.6) is 0 Å². The molecule has 6 heteroatoms. The fraction of sp³-hybridized carbons (Fsp3) is 0.200. The molecule has 0 saturated heterocycles. The molecule has 0 atom stereocenters. The van der Waals surface area contributed by atoms with Crippen molar-refractivity contribution >= 4 is 24.2 Å². The largest absolute Gasteiger partial charge is 0.331 e. The summed E-state index contributed by atoms with van der Waals surface area (Å²) in [6.45, 7) is 0. The van der Waals surface area contributed by atoms with Crippen molar-refractivity contribution in [1.82, 2.24) is 10.9 Å². The Labute approximate surface area is 153 Å². The van der Waals surface area contributed by atoms with Crippen LogP contribution in [0.4, 0.5) is 0 Å². The Morgan fingerprint density at radius 3 is 1.46 bits per heavy atom. The molecule has 0 heterocycles. The van der Waals surface area contributed by atoms with Crippen molar-refractivity contribution in [2.75, 3.05) is 0 Å². The lowest BCUT2D eigenvalue weighted by Gasteiger charge is -1.99. The molecular formula is C20H22N4O2. The van der Waals surface area contributed by atoms with E-state index in [0.29, 0.717) is 12.8 Å². The molecule has 0 fully saturated rings. The molecular weight excluding hydrogens is 328 g/mol. The maximum absolute atomic E-state index is 11.6. The summed E-state index contributed by atoms with van der Waals surface area (Å²) in [6, 6.07) is 19.9. The van der Waals surface area contributed by atoms with Crippen LogP contribution in [0.3, 0.4) is 0 Å². The standard InChI is InChI=1S/C20H22N4O2/c25-19(23-21-15-7-13-17-9-3-1-4-10-17)20(26)24-22-16-8-14-18-11-5-2-6-12-18/h1-6,9-12,15-16H,7-8,13-14H2,(H,23,25)(H,24,26)/b21-15-,22-16-. The number of amides is 2. The Hall–Kier alpha value is -3.28. The highest BCUT2D eigenvalue weighted by molar-refractivity contribution is 6.35. The molecule has 26 heavy (non-hydrogen) atoms. The van der Waals surface area contributed by atoms with Crippen LogP contribution in [0.1, 0.15) is 24.0 Å². The van der Waals surface area contributed by atoms with Gasteiger partial charge in [-0.05, 0) is 36.8 Å². The van der Waals surface area contributed by atoms with Gasteiger partial charge < -0.3 is 0 Å². The summed E-state index contributed by atoms with van der Waals surface area (Å²) >= 11 is 0. The third-order valence-corrected chi connectivity index (χ3v) is 3.53. The smallest absolute Gasteiger partial charge is 0.262 e. The minimum Gasteiger partial charge on any atom is -0.262 e. The van der Waals surface area contributed by atoms with Gasteiger partial charge in [0.1, 0.15) is 0 Å². The summed E-state index contributed by atoms with van der Waals surface area (Å²) in [6.07, 6.45) is 6.12. The molecule has 2 rings (SSSR count). The monoisotopic (exact) mass is 350 g/mol. The number of rotatable bonds is 8. The number of hydrazone groups is 2. The molecule has 0 saturated carbocycles. The van der Waals surface area contributed by atoms with Gasteiger partial charge in [-0.25, -0.2) is 10.9 Å². The van der Waals surface area contributed by atoms with E-state index in [1.807, 2.05) is 60.7 Å². The van der Waals surface area contributed by atoms with Gasteiger partial charge in [-0.2, -0.15) is 10.2 Å². The molecule has 0 aliphatic carbocycles. The summed E-state index contributed by atoms with van der Waals surface area (Å²) in [7, 11) is 0. The number of aryl methyl sites for hydroxylation is 2. The van der Waals surface area contributed by atoms with Gasteiger partial charge in [0.25, 0.3) is 0 Å². The minimum atomic E-state index is -0.846. The average molecular weight is 350 g/mol. The van der Waals surface area contributed by atoms with Crippen molar-refractivity contribution in [3.63, 3.8) is 0 Å².